The van der Waals surface area contributed by atoms with Crippen LogP contribution in [0.1, 0.15) is 16.9 Å². The van der Waals surface area contributed by atoms with Crippen LogP contribution >= 0.6 is 22.9 Å². The fourth-order valence-corrected chi connectivity index (χ4v) is 3.66. The molecule has 3 rings (SSSR count). The van der Waals surface area contributed by atoms with Crippen LogP contribution in [-0.4, -0.2) is 28.3 Å². The Hall–Kier alpha value is -1.20. The van der Waals surface area contributed by atoms with Crippen LogP contribution in [0.15, 0.2) is 6.33 Å². The van der Waals surface area contributed by atoms with E-state index in [0.29, 0.717) is 18.8 Å². The SMILES string of the molecule is Cc1sc2ncnc(N3CC(CCl)CC3=O)c2c1C. The van der Waals surface area contributed by atoms with Gasteiger partial charge < -0.3 is 0 Å². The third-order valence-corrected chi connectivity index (χ3v) is 5.18. The maximum atomic E-state index is 12.1. The van der Waals surface area contributed by atoms with Gasteiger partial charge in [-0.05, 0) is 25.3 Å². The molecule has 1 fully saturated rings. The largest absolute Gasteiger partial charge is 0.296 e. The summed E-state index contributed by atoms with van der Waals surface area (Å²) in [7, 11) is 0. The fraction of sp³-hybridized carbons (Fsp3) is 0.462. The maximum absolute atomic E-state index is 12.1. The number of aryl methyl sites for hydroxylation is 2. The molecule has 0 aliphatic carbocycles. The summed E-state index contributed by atoms with van der Waals surface area (Å²) >= 11 is 7.51. The van der Waals surface area contributed by atoms with Gasteiger partial charge in [0.1, 0.15) is 17.0 Å². The molecule has 2 aromatic heterocycles. The zero-order valence-corrected chi connectivity index (χ0v) is 12.4. The van der Waals surface area contributed by atoms with Crippen molar-refractivity contribution in [3.05, 3.63) is 16.8 Å². The van der Waals surface area contributed by atoms with Crippen molar-refractivity contribution in [1.29, 1.82) is 0 Å². The quantitative estimate of drug-likeness (QED) is 0.800. The summed E-state index contributed by atoms with van der Waals surface area (Å²) in [4.78, 5) is 24.7. The lowest BCUT2D eigenvalue weighted by Gasteiger charge is -2.16. The van der Waals surface area contributed by atoms with Crippen LogP contribution < -0.4 is 4.90 Å². The number of fused-ring (bicyclic) bond motifs is 1. The van der Waals surface area contributed by atoms with Crippen molar-refractivity contribution in [2.45, 2.75) is 20.3 Å². The zero-order chi connectivity index (χ0) is 13.6. The van der Waals surface area contributed by atoms with E-state index < -0.39 is 0 Å². The monoisotopic (exact) mass is 295 g/mol. The first-order valence-electron chi connectivity index (χ1n) is 6.18. The number of carbonyl (C=O) groups excluding carboxylic acids is 1. The molecule has 0 N–H and O–H groups in total. The molecule has 19 heavy (non-hydrogen) atoms. The average molecular weight is 296 g/mol. The molecule has 0 radical (unpaired) electrons. The summed E-state index contributed by atoms with van der Waals surface area (Å²) in [5.41, 5.74) is 1.16. The van der Waals surface area contributed by atoms with E-state index in [1.165, 1.54) is 11.2 Å². The predicted molar refractivity (Wildman–Crippen MR) is 78.1 cm³/mol. The number of nitrogens with zero attached hydrogens (tertiary/aromatic N) is 3. The summed E-state index contributed by atoms with van der Waals surface area (Å²) < 4.78 is 0. The van der Waals surface area contributed by atoms with Gasteiger partial charge >= 0.3 is 0 Å². The van der Waals surface area contributed by atoms with Crippen molar-refractivity contribution < 1.29 is 4.79 Å². The molecule has 1 atom stereocenters. The number of amides is 1. The summed E-state index contributed by atoms with van der Waals surface area (Å²) in [5, 5.41) is 1.01. The number of aromatic nitrogens is 2. The molecule has 0 aromatic carbocycles. The van der Waals surface area contributed by atoms with Gasteiger partial charge in [-0.2, -0.15) is 0 Å². The lowest BCUT2D eigenvalue weighted by Crippen LogP contribution is -2.26. The van der Waals surface area contributed by atoms with Crippen LogP contribution in [0.3, 0.4) is 0 Å². The van der Waals surface area contributed by atoms with E-state index in [1.807, 2.05) is 0 Å². The number of carbonyl (C=O) groups is 1. The molecule has 1 saturated heterocycles. The Bertz CT molecular complexity index is 655. The predicted octanol–water partition coefficient (Wildman–Crippen LogP) is 2.90. The Kier molecular flexibility index (Phi) is 3.19. The highest BCUT2D eigenvalue weighted by atomic mass is 35.5. The van der Waals surface area contributed by atoms with Crippen molar-refractivity contribution in [1.82, 2.24) is 9.97 Å². The number of thiophene rings is 1. The van der Waals surface area contributed by atoms with Crippen LogP contribution in [0.4, 0.5) is 5.82 Å². The number of rotatable bonds is 2. The van der Waals surface area contributed by atoms with E-state index in [-0.39, 0.29) is 11.8 Å². The Morgan fingerprint density at radius 3 is 2.95 bits per heavy atom. The molecular weight excluding hydrogens is 282 g/mol. The maximum Gasteiger partial charge on any atom is 0.228 e. The van der Waals surface area contributed by atoms with Crippen LogP contribution in [-0.2, 0) is 4.79 Å². The Morgan fingerprint density at radius 2 is 2.26 bits per heavy atom. The van der Waals surface area contributed by atoms with Gasteiger partial charge in [0.2, 0.25) is 5.91 Å². The van der Waals surface area contributed by atoms with Crippen molar-refractivity contribution in [3.8, 4) is 0 Å². The molecule has 4 nitrogen and oxygen atoms in total. The molecule has 1 aliphatic heterocycles. The van der Waals surface area contributed by atoms with Crippen LogP contribution in [0, 0.1) is 19.8 Å². The summed E-state index contributed by atoms with van der Waals surface area (Å²) in [6, 6.07) is 0. The van der Waals surface area contributed by atoms with Gasteiger partial charge in [0.25, 0.3) is 0 Å². The molecule has 0 bridgehead atoms. The van der Waals surface area contributed by atoms with Crippen molar-refractivity contribution >= 4 is 44.9 Å². The normalized spacial score (nSPS) is 19.6. The van der Waals surface area contributed by atoms with Gasteiger partial charge in [0, 0.05) is 23.7 Å². The molecule has 1 unspecified atom stereocenters. The molecule has 0 saturated carbocycles. The van der Waals surface area contributed by atoms with Crippen molar-refractivity contribution in [2.24, 2.45) is 5.92 Å². The van der Waals surface area contributed by atoms with E-state index >= 15 is 0 Å². The van der Waals surface area contributed by atoms with E-state index in [9.17, 15) is 4.79 Å². The summed E-state index contributed by atoms with van der Waals surface area (Å²) in [6.07, 6.45) is 2.05. The minimum absolute atomic E-state index is 0.105. The number of alkyl halides is 1. The molecule has 0 spiro atoms. The molecule has 100 valence electrons. The topological polar surface area (TPSA) is 46.1 Å². The molecule has 2 aromatic rings. The van der Waals surface area contributed by atoms with E-state index in [4.69, 9.17) is 11.6 Å². The minimum atomic E-state index is 0.105. The average Bonchev–Trinajstić information content (AvgIpc) is 2.91. The second-order valence-electron chi connectivity index (χ2n) is 4.89. The Balaban J connectivity index is 2.13. The molecule has 6 heteroatoms. The summed E-state index contributed by atoms with van der Waals surface area (Å²) in [6.45, 7) is 4.78. The van der Waals surface area contributed by atoms with Crippen molar-refractivity contribution in [2.75, 3.05) is 17.3 Å². The van der Waals surface area contributed by atoms with Crippen LogP contribution in [0.2, 0.25) is 0 Å². The van der Waals surface area contributed by atoms with Gasteiger partial charge in [0.05, 0.1) is 5.39 Å². The Labute approximate surface area is 120 Å². The van der Waals surface area contributed by atoms with Gasteiger partial charge in [-0.1, -0.05) is 0 Å². The highest BCUT2D eigenvalue weighted by molar-refractivity contribution is 7.18. The van der Waals surface area contributed by atoms with E-state index in [1.54, 1.807) is 16.2 Å². The molecule has 3 heterocycles. The highest BCUT2D eigenvalue weighted by Crippen LogP contribution is 2.36. The lowest BCUT2D eigenvalue weighted by molar-refractivity contribution is -0.117. The number of halogens is 1. The first-order valence-corrected chi connectivity index (χ1v) is 7.54. The number of hydrogen-bond donors (Lipinski definition) is 0. The van der Waals surface area contributed by atoms with Crippen LogP contribution in [0.25, 0.3) is 10.2 Å². The minimum Gasteiger partial charge on any atom is -0.296 e. The fourth-order valence-electron chi connectivity index (χ4n) is 2.46. The molecule has 1 amide bonds. The highest BCUT2D eigenvalue weighted by Gasteiger charge is 2.32. The van der Waals surface area contributed by atoms with Crippen molar-refractivity contribution in [3.63, 3.8) is 0 Å². The molecular formula is C13H14ClN3OS. The second-order valence-corrected chi connectivity index (χ2v) is 6.40. The first kappa shape index (κ1) is 12.8. The van der Waals surface area contributed by atoms with Gasteiger partial charge in [-0.3, -0.25) is 9.69 Å². The zero-order valence-electron chi connectivity index (χ0n) is 10.8. The van der Waals surface area contributed by atoms with Gasteiger partial charge in [-0.25, -0.2) is 9.97 Å². The summed E-state index contributed by atoms with van der Waals surface area (Å²) in [5.74, 6) is 1.58. The van der Waals surface area contributed by atoms with Gasteiger partial charge in [0.15, 0.2) is 0 Å². The second kappa shape index (κ2) is 4.72. The molecule has 1 aliphatic rings. The van der Waals surface area contributed by atoms with Gasteiger partial charge in [-0.15, -0.1) is 22.9 Å². The number of hydrogen-bond acceptors (Lipinski definition) is 4. The lowest BCUT2D eigenvalue weighted by atomic mass is 10.1. The Morgan fingerprint density at radius 1 is 1.47 bits per heavy atom. The van der Waals surface area contributed by atoms with E-state index in [2.05, 4.69) is 23.8 Å². The number of anilines is 1. The standard InChI is InChI=1S/C13H14ClN3OS/c1-7-8(2)19-13-11(7)12(15-6-16-13)17-5-9(4-14)3-10(17)18/h6,9H,3-5H2,1-2H3. The van der Waals surface area contributed by atoms with E-state index in [0.717, 1.165) is 21.6 Å². The smallest absolute Gasteiger partial charge is 0.228 e. The van der Waals surface area contributed by atoms with Crippen LogP contribution in [0.5, 0.6) is 0 Å². The third-order valence-electron chi connectivity index (χ3n) is 3.62. The first-order chi connectivity index (χ1) is 9.11. The third kappa shape index (κ3) is 2.01.